The lowest BCUT2D eigenvalue weighted by Gasteiger charge is -2.42. The largest absolute Gasteiger partial charge is 0.443 e. The van der Waals surface area contributed by atoms with Crippen LogP contribution in [0.2, 0.25) is 0 Å². The van der Waals surface area contributed by atoms with Crippen LogP contribution in [0.1, 0.15) is 162 Å². The monoisotopic (exact) mass is 863 g/mol. The van der Waals surface area contributed by atoms with Gasteiger partial charge in [-0.15, -0.1) is 0 Å². The third kappa shape index (κ3) is 9.73. The van der Waals surface area contributed by atoms with Gasteiger partial charge in [0, 0.05) is 13.1 Å². The molecule has 0 aromatic heterocycles. The Morgan fingerprint density at radius 3 is 2.10 bits per heavy atom. The summed E-state index contributed by atoms with van der Waals surface area (Å²) >= 11 is 0. The highest BCUT2D eigenvalue weighted by atomic mass is 16.6. The number of carbonyl (C=O) groups is 3. The number of carbonyl (C=O) groups excluding carboxylic acids is 3. The van der Waals surface area contributed by atoms with Gasteiger partial charge in [0.15, 0.2) is 0 Å². The first-order valence-electron chi connectivity index (χ1n) is 24.4. The molecule has 6 aliphatic rings. The number of imide groups is 1. The molecule has 4 aliphatic carbocycles. The highest BCUT2D eigenvalue weighted by Crippen LogP contribution is 2.56. The second kappa shape index (κ2) is 16.8. The number of fused-ring (bicyclic) bond motifs is 6. The molecular weight excluding hydrogens is 785 g/mol. The van der Waals surface area contributed by atoms with E-state index in [1.54, 1.807) is 0 Å². The van der Waals surface area contributed by atoms with Gasteiger partial charge < -0.3 is 32.2 Å². The molecular formula is C53H78N6O4. The number of nitrogens with two attached hydrogens (primary N) is 2. The summed E-state index contributed by atoms with van der Waals surface area (Å²) in [6.07, 6.45) is 17.4. The second-order valence-corrected chi connectivity index (χ2v) is 24.0. The molecule has 63 heavy (non-hydrogen) atoms. The molecule has 8 atom stereocenters. The normalized spacial score (nSPS) is 31.6. The first-order valence-corrected chi connectivity index (χ1v) is 24.4. The molecule has 2 heterocycles. The lowest BCUT2D eigenvalue weighted by molar-refractivity contribution is -0.120. The number of benzene rings is 2. The number of anilines is 4. The van der Waals surface area contributed by atoms with Gasteiger partial charge in [0.25, 0.3) is 5.91 Å². The number of nitrogen functional groups attached to an aromatic ring is 2. The van der Waals surface area contributed by atoms with E-state index in [1.165, 1.54) is 41.7 Å². The standard InChI is InChI=1S/C53H78N6O4/c1-49(2,3)63-48(62)59(47(61)44-28-50(4,5)30-56-44)45-19-14-35(26-41(45)55)39-24-32-10-12-33-20-21-51(6,7)37(17-16-36(15-11-32)52(39,8)9)27-38(33)34-13-18-42(40(54)25-34)58-46(60)43-29-53(22-23-53)31-57-43/h13-14,18-21,25-26,32-33,36-39,43-44,56-57H,10-12,15-17,22-24,27-31,54-55H2,1-9H3,(H,58,60). The van der Waals surface area contributed by atoms with Crippen LogP contribution in [0.25, 0.3) is 0 Å². The van der Waals surface area contributed by atoms with Gasteiger partial charge in [0.1, 0.15) is 5.60 Å². The maximum Gasteiger partial charge on any atom is 0.421 e. The van der Waals surface area contributed by atoms with E-state index >= 15 is 0 Å². The molecule has 2 saturated heterocycles. The van der Waals surface area contributed by atoms with E-state index in [0.717, 1.165) is 51.5 Å². The molecule has 8 unspecified atom stereocenters. The van der Waals surface area contributed by atoms with Crippen LogP contribution in [-0.2, 0) is 14.3 Å². The van der Waals surface area contributed by atoms with Gasteiger partial charge in [-0.05, 0) is 184 Å². The van der Waals surface area contributed by atoms with Crippen molar-refractivity contribution in [3.05, 3.63) is 59.7 Å². The number of hydrogen-bond acceptors (Lipinski definition) is 8. The number of amides is 3. The maximum absolute atomic E-state index is 14.2. The van der Waals surface area contributed by atoms with Crippen molar-refractivity contribution in [1.29, 1.82) is 0 Å². The lowest BCUT2D eigenvalue weighted by Crippen LogP contribution is -2.49. The zero-order valence-electron chi connectivity index (χ0n) is 39.9. The summed E-state index contributed by atoms with van der Waals surface area (Å²) < 4.78 is 5.83. The predicted octanol–water partition coefficient (Wildman–Crippen LogP) is 10.7. The lowest BCUT2D eigenvalue weighted by atomic mass is 9.63. The Labute approximate surface area is 377 Å². The van der Waals surface area contributed by atoms with Crippen molar-refractivity contribution in [2.24, 2.45) is 45.3 Å². The fraction of sp³-hybridized carbons (Fsp3) is 0.679. The molecule has 2 aromatic rings. The van der Waals surface area contributed by atoms with E-state index in [-0.39, 0.29) is 40.0 Å². The SMILES string of the molecule is CC1(C)CNC(C(=O)N(C(=O)OC(C)(C)C)c2ccc(C3CC4CCC5C=CC(C)(C)C(CCC(CC4)C3(C)C)CC5c3ccc(NC(=O)C4CC5(CC5)CN4)c(N)c3)cc2N)C1. The van der Waals surface area contributed by atoms with Crippen molar-refractivity contribution in [3.8, 4) is 0 Å². The summed E-state index contributed by atoms with van der Waals surface area (Å²) in [5.41, 5.74) is 17.9. The first kappa shape index (κ1) is 45.7. The second-order valence-electron chi connectivity index (χ2n) is 24.0. The van der Waals surface area contributed by atoms with Crippen LogP contribution in [0.15, 0.2) is 48.6 Å². The van der Waals surface area contributed by atoms with Gasteiger partial charge in [-0.1, -0.05) is 72.2 Å². The summed E-state index contributed by atoms with van der Waals surface area (Å²) in [4.78, 5) is 42.5. The van der Waals surface area contributed by atoms with Gasteiger partial charge in [0.05, 0.1) is 34.8 Å². The van der Waals surface area contributed by atoms with Crippen molar-refractivity contribution in [1.82, 2.24) is 10.6 Å². The zero-order valence-corrected chi connectivity index (χ0v) is 39.9. The van der Waals surface area contributed by atoms with Crippen molar-refractivity contribution in [2.75, 3.05) is 34.8 Å². The molecule has 8 rings (SSSR count). The van der Waals surface area contributed by atoms with Gasteiger partial charge in [-0.2, -0.15) is 0 Å². The van der Waals surface area contributed by atoms with E-state index in [2.05, 4.69) is 93.9 Å². The molecule has 344 valence electrons. The van der Waals surface area contributed by atoms with Crippen LogP contribution in [0.3, 0.4) is 0 Å². The minimum atomic E-state index is -0.783. The summed E-state index contributed by atoms with van der Waals surface area (Å²) in [7, 11) is 0. The third-order valence-electron chi connectivity index (χ3n) is 16.9. The van der Waals surface area contributed by atoms with Gasteiger partial charge in [-0.3, -0.25) is 9.59 Å². The van der Waals surface area contributed by atoms with Crippen LogP contribution in [0.4, 0.5) is 27.5 Å². The summed E-state index contributed by atoms with van der Waals surface area (Å²) in [6.45, 7) is 21.2. The number of nitrogens with zero attached hydrogens (tertiary/aromatic N) is 1. The Kier molecular flexibility index (Phi) is 12.2. The zero-order chi connectivity index (χ0) is 45.3. The van der Waals surface area contributed by atoms with Crippen molar-refractivity contribution in [2.45, 2.75) is 169 Å². The van der Waals surface area contributed by atoms with E-state index < -0.39 is 17.7 Å². The van der Waals surface area contributed by atoms with Crippen molar-refractivity contribution < 1.29 is 19.1 Å². The quantitative estimate of drug-likeness (QED) is 0.142. The first-order chi connectivity index (χ1) is 29.5. The Hall–Kier alpha value is -3.89. The molecule has 10 heteroatoms. The van der Waals surface area contributed by atoms with Crippen LogP contribution in [0, 0.1) is 45.3 Å². The van der Waals surface area contributed by atoms with Crippen LogP contribution in [0.5, 0.6) is 0 Å². The number of nitrogens with one attached hydrogen (secondary N) is 3. The maximum atomic E-state index is 14.2. The Morgan fingerprint density at radius 1 is 0.778 bits per heavy atom. The summed E-state index contributed by atoms with van der Waals surface area (Å²) in [6, 6.07) is 11.9. The van der Waals surface area contributed by atoms with E-state index in [9.17, 15) is 14.4 Å². The molecule has 7 N–H and O–H groups in total. The van der Waals surface area contributed by atoms with E-state index in [0.29, 0.717) is 70.7 Å². The Morgan fingerprint density at radius 2 is 1.44 bits per heavy atom. The predicted molar refractivity (Wildman–Crippen MR) is 255 cm³/mol. The molecule has 4 bridgehead atoms. The molecule has 3 amide bonds. The molecule has 0 radical (unpaired) electrons. The number of allylic oxidation sites excluding steroid dienone is 2. The molecule has 5 fully saturated rings. The number of hydrogen-bond donors (Lipinski definition) is 5. The Bertz CT molecular complexity index is 2100. The summed E-state index contributed by atoms with van der Waals surface area (Å²) in [5.74, 6) is 2.21. The van der Waals surface area contributed by atoms with Gasteiger partial charge in [-0.25, -0.2) is 9.69 Å². The topological polar surface area (TPSA) is 152 Å². The van der Waals surface area contributed by atoms with Gasteiger partial charge in [0.2, 0.25) is 5.91 Å². The van der Waals surface area contributed by atoms with E-state index in [1.807, 2.05) is 32.9 Å². The van der Waals surface area contributed by atoms with E-state index in [4.69, 9.17) is 16.2 Å². The molecule has 3 saturated carbocycles. The van der Waals surface area contributed by atoms with Crippen LogP contribution < -0.4 is 32.3 Å². The minimum Gasteiger partial charge on any atom is -0.443 e. The van der Waals surface area contributed by atoms with Crippen LogP contribution in [-0.4, -0.2) is 48.7 Å². The fourth-order valence-electron chi connectivity index (χ4n) is 12.5. The highest BCUT2D eigenvalue weighted by Gasteiger charge is 2.50. The number of ether oxygens (including phenoxy) is 1. The third-order valence-corrected chi connectivity index (χ3v) is 16.9. The number of rotatable bonds is 6. The fourth-order valence-corrected chi connectivity index (χ4v) is 12.5. The van der Waals surface area contributed by atoms with Crippen molar-refractivity contribution >= 4 is 40.7 Å². The molecule has 2 aliphatic heterocycles. The van der Waals surface area contributed by atoms with Gasteiger partial charge >= 0.3 is 6.09 Å². The highest BCUT2D eigenvalue weighted by molar-refractivity contribution is 6.16. The molecule has 10 nitrogen and oxygen atoms in total. The Balaban J connectivity index is 1.05. The molecule has 1 spiro atoms. The minimum absolute atomic E-state index is 0.00773. The molecule has 2 aromatic carbocycles. The van der Waals surface area contributed by atoms with Crippen molar-refractivity contribution in [3.63, 3.8) is 0 Å². The average molecular weight is 863 g/mol. The average Bonchev–Trinajstić information content (AvgIpc) is 3.73. The summed E-state index contributed by atoms with van der Waals surface area (Å²) in [5, 5.41) is 9.97. The smallest absolute Gasteiger partial charge is 0.421 e. The van der Waals surface area contributed by atoms with Crippen LogP contribution >= 0.6 is 0 Å².